The number of rotatable bonds is 9. The van der Waals surface area contributed by atoms with Crippen molar-refractivity contribution in [2.24, 2.45) is 0 Å². The first kappa shape index (κ1) is 22.1. The van der Waals surface area contributed by atoms with Gasteiger partial charge in [0.15, 0.2) is 0 Å². The lowest BCUT2D eigenvalue weighted by Gasteiger charge is -2.26. The maximum Gasteiger partial charge on any atom is 0.259 e. The Morgan fingerprint density at radius 1 is 1.28 bits per heavy atom. The molecule has 32 heavy (non-hydrogen) atoms. The third kappa shape index (κ3) is 4.81. The molecule has 2 N–H and O–H groups in total. The van der Waals surface area contributed by atoms with Crippen molar-refractivity contribution in [1.82, 2.24) is 20.2 Å². The smallest absolute Gasteiger partial charge is 0.259 e. The molecule has 4 heterocycles. The van der Waals surface area contributed by atoms with Gasteiger partial charge in [-0.2, -0.15) is 11.8 Å². The second kappa shape index (κ2) is 10.1. The summed E-state index contributed by atoms with van der Waals surface area (Å²) in [5, 5.41) is 6.05. The number of likely N-dealkylation sites (tertiary alicyclic amines) is 1. The number of amides is 1. The molecule has 6 nitrogen and oxygen atoms in total. The van der Waals surface area contributed by atoms with E-state index in [1.54, 1.807) is 34.4 Å². The summed E-state index contributed by atoms with van der Waals surface area (Å²) in [6.07, 6.45) is 6.16. The molecule has 0 radical (unpaired) electrons. The van der Waals surface area contributed by atoms with Gasteiger partial charge in [-0.1, -0.05) is 6.07 Å². The van der Waals surface area contributed by atoms with E-state index in [0.717, 1.165) is 42.6 Å². The summed E-state index contributed by atoms with van der Waals surface area (Å²) >= 11 is 5.08. The topological polar surface area (TPSA) is 78.1 Å². The molecule has 1 atom stereocenters. The van der Waals surface area contributed by atoms with Crippen molar-refractivity contribution in [3.8, 4) is 0 Å². The number of H-pyrrole nitrogens is 1. The fraction of sp³-hybridized carbons (Fsp3) is 0.522. The number of carbonyl (C=O) groups excluding carboxylic acids is 1. The Hall–Kier alpha value is -1.68. The molecule has 0 bridgehead atoms. The summed E-state index contributed by atoms with van der Waals surface area (Å²) in [7, 11) is 0. The summed E-state index contributed by atoms with van der Waals surface area (Å²) < 4.78 is 0. The number of fused-ring (bicyclic) bond motifs is 3. The minimum Gasteiger partial charge on any atom is -0.354 e. The standard InChI is InChI=1S/C23H28N4O2S3/c28-20(24-13-16(18-7-4-11-31-18)27-9-1-2-10-27)8-12-30-14-19-25-22(29)21-15-5-3-6-17(15)32-23(21)26-19/h4,7,11,16H,1-3,5-6,8-10,12-14H2,(H,24,28)(H,25,26,29). The molecular weight excluding hydrogens is 460 g/mol. The minimum absolute atomic E-state index is 0.00993. The van der Waals surface area contributed by atoms with E-state index in [0.29, 0.717) is 30.3 Å². The van der Waals surface area contributed by atoms with Crippen LogP contribution in [0.25, 0.3) is 10.2 Å². The molecule has 1 amide bonds. The molecule has 3 aromatic heterocycles. The molecule has 170 valence electrons. The van der Waals surface area contributed by atoms with Gasteiger partial charge in [0.2, 0.25) is 5.91 Å². The van der Waals surface area contributed by atoms with Crippen LogP contribution in [0.1, 0.15) is 52.9 Å². The monoisotopic (exact) mass is 488 g/mol. The molecular formula is C23H28N4O2S3. The predicted molar refractivity (Wildman–Crippen MR) is 134 cm³/mol. The van der Waals surface area contributed by atoms with Crippen LogP contribution in [0.3, 0.4) is 0 Å². The first-order valence-electron chi connectivity index (χ1n) is 11.3. The fourth-order valence-corrected chi connectivity index (χ4v) is 7.64. The van der Waals surface area contributed by atoms with Crippen LogP contribution in [0, 0.1) is 0 Å². The summed E-state index contributed by atoms with van der Waals surface area (Å²) in [4.78, 5) is 38.6. The van der Waals surface area contributed by atoms with E-state index >= 15 is 0 Å². The Balaban J connectivity index is 1.10. The van der Waals surface area contributed by atoms with Crippen LogP contribution < -0.4 is 10.9 Å². The summed E-state index contributed by atoms with van der Waals surface area (Å²) in [6.45, 7) is 2.88. The van der Waals surface area contributed by atoms with Crippen molar-refractivity contribution in [2.45, 2.75) is 50.3 Å². The number of aryl methyl sites for hydroxylation is 2. The van der Waals surface area contributed by atoms with Crippen molar-refractivity contribution in [3.63, 3.8) is 0 Å². The number of thioether (sulfide) groups is 1. The number of aromatic nitrogens is 2. The fourth-order valence-electron chi connectivity index (χ4n) is 4.69. The molecule has 1 aliphatic heterocycles. The van der Waals surface area contributed by atoms with E-state index in [1.165, 1.54) is 28.2 Å². The lowest BCUT2D eigenvalue weighted by Crippen LogP contribution is -2.36. The van der Waals surface area contributed by atoms with Gasteiger partial charge >= 0.3 is 0 Å². The van der Waals surface area contributed by atoms with E-state index in [1.807, 2.05) is 0 Å². The van der Waals surface area contributed by atoms with Gasteiger partial charge in [-0.05, 0) is 62.2 Å². The normalized spacial score (nSPS) is 17.1. The van der Waals surface area contributed by atoms with Crippen molar-refractivity contribution in [2.75, 3.05) is 25.4 Å². The number of hydrogen-bond acceptors (Lipinski definition) is 7. The molecule has 1 unspecified atom stereocenters. The number of nitrogens with zero attached hydrogens (tertiary/aromatic N) is 2. The Morgan fingerprint density at radius 3 is 2.97 bits per heavy atom. The van der Waals surface area contributed by atoms with Crippen molar-refractivity contribution < 1.29 is 4.79 Å². The molecule has 0 spiro atoms. The largest absolute Gasteiger partial charge is 0.354 e. The molecule has 0 saturated carbocycles. The summed E-state index contributed by atoms with van der Waals surface area (Å²) in [5.74, 6) is 2.12. The number of nitrogens with one attached hydrogen (secondary N) is 2. The second-order valence-electron chi connectivity index (χ2n) is 8.43. The van der Waals surface area contributed by atoms with Gasteiger partial charge in [0.25, 0.3) is 5.56 Å². The van der Waals surface area contributed by atoms with Gasteiger partial charge in [0, 0.05) is 28.5 Å². The molecule has 1 saturated heterocycles. The van der Waals surface area contributed by atoms with Gasteiger partial charge in [0.05, 0.1) is 17.2 Å². The minimum atomic E-state index is -0.00993. The highest BCUT2D eigenvalue weighted by atomic mass is 32.2. The van der Waals surface area contributed by atoms with E-state index in [2.05, 4.69) is 37.7 Å². The highest BCUT2D eigenvalue weighted by Crippen LogP contribution is 2.34. The van der Waals surface area contributed by atoms with Crippen LogP contribution in [-0.4, -0.2) is 46.2 Å². The van der Waals surface area contributed by atoms with Gasteiger partial charge in [-0.15, -0.1) is 22.7 Å². The van der Waals surface area contributed by atoms with Crippen molar-refractivity contribution in [3.05, 3.63) is 49.0 Å². The van der Waals surface area contributed by atoms with Crippen molar-refractivity contribution in [1.29, 1.82) is 0 Å². The van der Waals surface area contributed by atoms with Crippen LogP contribution in [0.2, 0.25) is 0 Å². The van der Waals surface area contributed by atoms with Gasteiger partial charge in [0.1, 0.15) is 10.7 Å². The molecule has 3 aromatic rings. The average molecular weight is 489 g/mol. The lowest BCUT2D eigenvalue weighted by atomic mass is 10.2. The second-order valence-corrected chi connectivity index (χ2v) is 11.6. The van der Waals surface area contributed by atoms with E-state index in [4.69, 9.17) is 0 Å². The summed E-state index contributed by atoms with van der Waals surface area (Å²) in [5.41, 5.74) is 1.20. The van der Waals surface area contributed by atoms with Crippen LogP contribution in [-0.2, 0) is 23.4 Å². The third-order valence-corrected chi connectivity index (χ3v) is 9.41. The Labute approximate surface area is 199 Å². The first-order valence-corrected chi connectivity index (χ1v) is 14.2. The number of hydrogen-bond donors (Lipinski definition) is 2. The van der Waals surface area contributed by atoms with Crippen LogP contribution in [0.15, 0.2) is 22.3 Å². The number of carbonyl (C=O) groups is 1. The Bertz CT molecular complexity index is 1130. The zero-order valence-corrected chi connectivity index (χ0v) is 20.5. The van der Waals surface area contributed by atoms with Crippen molar-refractivity contribution >= 4 is 50.6 Å². The molecule has 1 aliphatic carbocycles. The lowest BCUT2D eigenvalue weighted by molar-refractivity contribution is -0.120. The van der Waals surface area contributed by atoms with Crippen LogP contribution in [0.5, 0.6) is 0 Å². The van der Waals surface area contributed by atoms with Gasteiger partial charge < -0.3 is 10.3 Å². The summed E-state index contributed by atoms with van der Waals surface area (Å²) in [6, 6.07) is 4.53. The Kier molecular flexibility index (Phi) is 6.96. The van der Waals surface area contributed by atoms with E-state index in [9.17, 15) is 9.59 Å². The molecule has 1 fully saturated rings. The van der Waals surface area contributed by atoms with Crippen LogP contribution >= 0.6 is 34.4 Å². The number of thiophene rings is 2. The third-order valence-electron chi connectivity index (χ3n) is 6.28. The van der Waals surface area contributed by atoms with E-state index < -0.39 is 0 Å². The van der Waals surface area contributed by atoms with Gasteiger partial charge in [-0.25, -0.2) is 4.98 Å². The Morgan fingerprint density at radius 2 is 2.16 bits per heavy atom. The van der Waals surface area contributed by atoms with E-state index in [-0.39, 0.29) is 17.5 Å². The zero-order chi connectivity index (χ0) is 21.9. The number of aromatic amines is 1. The molecule has 5 rings (SSSR count). The maximum atomic E-state index is 12.6. The molecule has 0 aromatic carbocycles. The average Bonchev–Trinajstić information content (AvgIpc) is 3.56. The van der Waals surface area contributed by atoms with Gasteiger partial charge in [-0.3, -0.25) is 14.5 Å². The SMILES string of the molecule is O=C(CCSCc1nc2sc3c(c2c(=O)[nH]1)CCC3)NCC(c1cccs1)N1CCCC1. The highest BCUT2D eigenvalue weighted by molar-refractivity contribution is 7.98. The quantitative estimate of drug-likeness (QED) is 0.443. The maximum absolute atomic E-state index is 12.6. The molecule has 9 heteroatoms. The van der Waals surface area contributed by atoms with Crippen LogP contribution in [0.4, 0.5) is 0 Å². The molecule has 2 aliphatic rings. The highest BCUT2D eigenvalue weighted by Gasteiger charge is 2.24. The predicted octanol–water partition coefficient (Wildman–Crippen LogP) is 4.11. The zero-order valence-electron chi connectivity index (χ0n) is 18.0. The first-order chi connectivity index (χ1) is 15.7.